The van der Waals surface area contributed by atoms with E-state index in [1.165, 1.54) is 6.20 Å². The van der Waals surface area contributed by atoms with Gasteiger partial charge in [0.25, 0.3) is 5.91 Å². The molecule has 0 saturated carbocycles. The van der Waals surface area contributed by atoms with Gasteiger partial charge in [-0.15, -0.1) is 11.6 Å². The Hall–Kier alpha value is -2.39. The molecular weight excluding hydrogens is 330 g/mol. The number of nitrogens with one attached hydrogen (secondary N) is 2. The Bertz CT molecular complexity index is 612. The van der Waals surface area contributed by atoms with Crippen LogP contribution in [0.5, 0.6) is 11.5 Å². The molecule has 6 nitrogen and oxygen atoms in total. The summed E-state index contributed by atoms with van der Waals surface area (Å²) in [7, 11) is 0. The van der Waals surface area contributed by atoms with Gasteiger partial charge in [-0.2, -0.15) is 5.26 Å². The molecule has 130 valence electrons. The van der Waals surface area contributed by atoms with Crippen LogP contribution in [0.2, 0.25) is 0 Å². The minimum Gasteiger partial charge on any atom is -0.490 e. The van der Waals surface area contributed by atoms with Gasteiger partial charge in [-0.3, -0.25) is 4.79 Å². The monoisotopic (exact) mass is 351 g/mol. The average Bonchev–Trinajstić information content (AvgIpc) is 2.58. The Morgan fingerprint density at radius 3 is 2.62 bits per heavy atom. The second-order valence-corrected chi connectivity index (χ2v) is 5.02. The predicted molar refractivity (Wildman–Crippen MR) is 94.4 cm³/mol. The van der Waals surface area contributed by atoms with E-state index < -0.39 is 5.91 Å². The highest BCUT2D eigenvalue weighted by atomic mass is 35.5. The fraction of sp³-hybridized carbons (Fsp3) is 0.412. The number of alkyl halides is 1. The zero-order valence-electron chi connectivity index (χ0n) is 13.9. The Morgan fingerprint density at radius 1 is 1.29 bits per heavy atom. The maximum atomic E-state index is 11.8. The van der Waals surface area contributed by atoms with Crippen LogP contribution >= 0.6 is 11.6 Å². The summed E-state index contributed by atoms with van der Waals surface area (Å²) in [6.07, 6.45) is 2.01. The molecule has 24 heavy (non-hydrogen) atoms. The first-order chi connectivity index (χ1) is 11.7. The van der Waals surface area contributed by atoms with Gasteiger partial charge in [0.05, 0.1) is 13.2 Å². The van der Waals surface area contributed by atoms with Gasteiger partial charge < -0.3 is 20.1 Å². The van der Waals surface area contributed by atoms with Crippen molar-refractivity contribution in [2.24, 2.45) is 0 Å². The summed E-state index contributed by atoms with van der Waals surface area (Å²) in [6.45, 7) is 5.25. The van der Waals surface area contributed by atoms with Gasteiger partial charge in [0.2, 0.25) is 0 Å². The number of carbonyl (C=O) groups excluding carboxylic acids is 1. The van der Waals surface area contributed by atoms with Crippen molar-refractivity contribution in [3.63, 3.8) is 0 Å². The molecule has 0 atom stereocenters. The standard InChI is InChI=1S/C17H22ClN3O3/c1-3-23-15-7-6-14(10-16(15)24-4-2)21-12-13(11-19)17(22)20-9-5-8-18/h6-7,10,12,21H,3-5,8-9H2,1-2H3,(H,20,22)/b13-12-. The SMILES string of the molecule is CCOc1ccc(N/C=C(/C#N)C(=O)NCCCCl)cc1OCC. The lowest BCUT2D eigenvalue weighted by molar-refractivity contribution is -0.117. The molecule has 0 aliphatic rings. The summed E-state index contributed by atoms with van der Waals surface area (Å²) in [5.41, 5.74) is 0.666. The quantitative estimate of drug-likeness (QED) is 0.293. The number of nitrogens with zero attached hydrogens (tertiary/aromatic N) is 1. The van der Waals surface area contributed by atoms with Gasteiger partial charge in [0.1, 0.15) is 11.6 Å². The Labute approximate surface area is 147 Å². The van der Waals surface area contributed by atoms with Crippen LogP contribution in [0.1, 0.15) is 20.3 Å². The summed E-state index contributed by atoms with van der Waals surface area (Å²) in [5.74, 6) is 1.26. The molecule has 0 saturated heterocycles. The molecule has 1 aromatic carbocycles. The minimum absolute atomic E-state index is 0.0172. The molecule has 0 bridgehead atoms. The van der Waals surface area contributed by atoms with Crippen molar-refractivity contribution in [2.45, 2.75) is 20.3 Å². The smallest absolute Gasteiger partial charge is 0.263 e. The van der Waals surface area contributed by atoms with E-state index in [4.69, 9.17) is 26.3 Å². The van der Waals surface area contributed by atoms with Crippen LogP contribution in [-0.4, -0.2) is 31.5 Å². The van der Waals surface area contributed by atoms with Crippen molar-refractivity contribution in [3.8, 4) is 17.6 Å². The number of amides is 1. The molecule has 0 heterocycles. The van der Waals surface area contributed by atoms with Gasteiger partial charge in [0, 0.05) is 30.4 Å². The highest BCUT2D eigenvalue weighted by Crippen LogP contribution is 2.30. The van der Waals surface area contributed by atoms with Gasteiger partial charge in [-0.1, -0.05) is 0 Å². The van der Waals surface area contributed by atoms with Crippen molar-refractivity contribution < 1.29 is 14.3 Å². The number of hydrogen-bond donors (Lipinski definition) is 2. The number of anilines is 1. The zero-order valence-corrected chi connectivity index (χ0v) is 14.7. The topological polar surface area (TPSA) is 83.4 Å². The van der Waals surface area contributed by atoms with Gasteiger partial charge in [-0.25, -0.2) is 0 Å². The second kappa shape index (κ2) is 11.2. The molecule has 7 heteroatoms. The van der Waals surface area contributed by atoms with E-state index in [2.05, 4.69) is 10.6 Å². The molecule has 0 aliphatic heterocycles. The van der Waals surface area contributed by atoms with E-state index in [1.807, 2.05) is 19.9 Å². The summed E-state index contributed by atoms with van der Waals surface area (Å²) in [6, 6.07) is 7.18. The highest BCUT2D eigenvalue weighted by Gasteiger charge is 2.09. The van der Waals surface area contributed by atoms with E-state index in [9.17, 15) is 4.79 Å². The van der Waals surface area contributed by atoms with Crippen LogP contribution in [0.25, 0.3) is 0 Å². The molecule has 1 amide bonds. The number of ether oxygens (including phenoxy) is 2. The fourth-order valence-corrected chi connectivity index (χ4v) is 1.94. The third-order valence-electron chi connectivity index (χ3n) is 2.89. The van der Waals surface area contributed by atoms with Crippen LogP contribution < -0.4 is 20.1 Å². The molecule has 0 fully saturated rings. The molecule has 0 radical (unpaired) electrons. The first kappa shape index (κ1) is 19.7. The largest absolute Gasteiger partial charge is 0.490 e. The van der Waals surface area contributed by atoms with E-state index in [-0.39, 0.29) is 5.57 Å². The summed E-state index contributed by atoms with van der Waals surface area (Å²) < 4.78 is 11.0. The normalized spacial score (nSPS) is 10.7. The van der Waals surface area contributed by atoms with E-state index in [1.54, 1.807) is 18.2 Å². The van der Waals surface area contributed by atoms with Crippen molar-refractivity contribution >= 4 is 23.2 Å². The second-order valence-electron chi connectivity index (χ2n) is 4.64. The predicted octanol–water partition coefficient (Wildman–Crippen LogP) is 3.05. The maximum absolute atomic E-state index is 11.8. The van der Waals surface area contributed by atoms with Crippen LogP contribution in [0.4, 0.5) is 5.69 Å². The van der Waals surface area contributed by atoms with Crippen LogP contribution in [-0.2, 0) is 4.79 Å². The zero-order chi connectivity index (χ0) is 17.8. The van der Waals surface area contributed by atoms with Gasteiger partial charge >= 0.3 is 0 Å². The van der Waals surface area contributed by atoms with Crippen LogP contribution in [0.15, 0.2) is 30.0 Å². The maximum Gasteiger partial charge on any atom is 0.263 e. The molecular formula is C17H22ClN3O3. The molecule has 0 aromatic heterocycles. The number of carbonyl (C=O) groups is 1. The fourth-order valence-electron chi connectivity index (χ4n) is 1.81. The lowest BCUT2D eigenvalue weighted by Crippen LogP contribution is -2.26. The van der Waals surface area contributed by atoms with E-state index >= 15 is 0 Å². The van der Waals surface area contributed by atoms with Crippen molar-refractivity contribution in [1.82, 2.24) is 5.32 Å². The average molecular weight is 352 g/mol. The van der Waals surface area contributed by atoms with Gasteiger partial charge in [0.15, 0.2) is 11.5 Å². The summed E-state index contributed by atoms with van der Waals surface area (Å²) in [4.78, 5) is 11.8. The Balaban J connectivity index is 2.81. The highest BCUT2D eigenvalue weighted by molar-refractivity contribution is 6.17. The first-order valence-corrected chi connectivity index (χ1v) is 8.30. The summed E-state index contributed by atoms with van der Waals surface area (Å²) >= 11 is 5.55. The lowest BCUT2D eigenvalue weighted by atomic mass is 10.2. The van der Waals surface area contributed by atoms with Crippen molar-refractivity contribution in [2.75, 3.05) is 31.0 Å². The van der Waals surface area contributed by atoms with E-state index in [0.29, 0.717) is 49.2 Å². The third-order valence-corrected chi connectivity index (χ3v) is 3.15. The number of halogens is 1. The molecule has 2 N–H and O–H groups in total. The third kappa shape index (κ3) is 6.39. The molecule has 0 spiro atoms. The minimum atomic E-state index is -0.439. The van der Waals surface area contributed by atoms with Crippen molar-refractivity contribution in [1.29, 1.82) is 5.26 Å². The number of nitriles is 1. The molecule has 1 aromatic rings. The Morgan fingerprint density at radius 2 is 2.00 bits per heavy atom. The number of hydrogen-bond acceptors (Lipinski definition) is 5. The summed E-state index contributed by atoms with van der Waals surface area (Å²) in [5, 5.41) is 14.7. The number of benzene rings is 1. The van der Waals surface area contributed by atoms with E-state index in [0.717, 1.165) is 0 Å². The van der Waals surface area contributed by atoms with Crippen LogP contribution in [0, 0.1) is 11.3 Å². The van der Waals surface area contributed by atoms with Gasteiger partial charge in [-0.05, 0) is 32.4 Å². The van der Waals surface area contributed by atoms with Crippen LogP contribution in [0.3, 0.4) is 0 Å². The lowest BCUT2D eigenvalue weighted by Gasteiger charge is -2.12. The first-order valence-electron chi connectivity index (χ1n) is 7.76. The van der Waals surface area contributed by atoms with Crippen molar-refractivity contribution in [3.05, 3.63) is 30.0 Å². The Kier molecular flexibility index (Phi) is 9.17. The molecule has 0 unspecified atom stereocenters. The number of rotatable bonds is 10. The molecule has 1 rings (SSSR count). The molecule has 0 aliphatic carbocycles.